The second-order valence-corrected chi connectivity index (χ2v) is 7.00. The van der Waals surface area contributed by atoms with Gasteiger partial charge >= 0.3 is 11.9 Å². The number of carbonyl (C=O) groups is 2. The fourth-order valence-corrected chi connectivity index (χ4v) is 2.81. The number of unbranched alkanes of at least 4 members (excludes halogenated alkanes) is 7. The Bertz CT molecular complexity index is 388. The molecule has 0 saturated heterocycles. The summed E-state index contributed by atoms with van der Waals surface area (Å²) in [5.41, 5.74) is 0. The van der Waals surface area contributed by atoms with Gasteiger partial charge < -0.3 is 30.3 Å². The van der Waals surface area contributed by atoms with E-state index >= 15 is 0 Å². The minimum atomic E-state index is -1.12. The van der Waals surface area contributed by atoms with Gasteiger partial charge in [-0.25, -0.2) is 0 Å². The highest BCUT2D eigenvalue weighted by Gasteiger charge is 2.23. The molecule has 0 aliphatic heterocycles. The number of aliphatic hydroxyl groups is 4. The lowest BCUT2D eigenvalue weighted by molar-refractivity contribution is -0.154. The number of rotatable bonds is 18. The van der Waals surface area contributed by atoms with Crippen LogP contribution in [0.2, 0.25) is 0 Å². The lowest BCUT2D eigenvalue weighted by atomic mass is 9.94. The summed E-state index contributed by atoms with van der Waals surface area (Å²) in [4.78, 5) is 22.5. The van der Waals surface area contributed by atoms with Crippen LogP contribution >= 0.6 is 0 Å². The molecule has 0 amide bonds. The molecule has 0 rings (SSSR count). The Morgan fingerprint density at radius 1 is 0.778 bits per heavy atom. The molecule has 0 aromatic rings. The van der Waals surface area contributed by atoms with Crippen LogP contribution in [0.5, 0.6) is 0 Å². The number of hydrogen-bond donors (Lipinski definition) is 5. The SMILES string of the molecule is O=C(O)CCCCCCCCCCC(CC(O)CO)C(=O)OCC(O)CO. The second-order valence-electron chi connectivity index (χ2n) is 7.00. The summed E-state index contributed by atoms with van der Waals surface area (Å²) in [5.74, 6) is -1.83. The summed E-state index contributed by atoms with van der Waals surface area (Å²) < 4.78 is 4.97. The number of aliphatic carboxylic acids is 1. The molecular formula is C19H36O8. The highest BCUT2D eigenvalue weighted by molar-refractivity contribution is 5.72. The average molecular weight is 392 g/mol. The Kier molecular flexibility index (Phi) is 16.2. The number of carboxylic acids is 1. The molecule has 0 bridgehead atoms. The number of ether oxygens (including phenoxy) is 1. The molecule has 8 heteroatoms. The van der Waals surface area contributed by atoms with Crippen LogP contribution in [0.3, 0.4) is 0 Å². The summed E-state index contributed by atoms with van der Waals surface area (Å²) in [6.45, 7) is -1.21. The Morgan fingerprint density at radius 3 is 1.81 bits per heavy atom. The predicted molar refractivity (Wildman–Crippen MR) is 99.1 cm³/mol. The molecule has 0 aliphatic carbocycles. The smallest absolute Gasteiger partial charge is 0.309 e. The average Bonchev–Trinajstić information content (AvgIpc) is 2.65. The molecule has 0 saturated carbocycles. The normalized spacial score (nSPS) is 14.5. The van der Waals surface area contributed by atoms with Crippen molar-refractivity contribution in [1.29, 1.82) is 0 Å². The van der Waals surface area contributed by atoms with E-state index in [2.05, 4.69) is 0 Å². The maximum absolute atomic E-state index is 12.1. The zero-order valence-corrected chi connectivity index (χ0v) is 16.1. The van der Waals surface area contributed by atoms with E-state index in [0.717, 1.165) is 51.4 Å². The number of esters is 1. The largest absolute Gasteiger partial charge is 0.481 e. The first-order valence-electron chi connectivity index (χ1n) is 9.87. The predicted octanol–water partition coefficient (Wildman–Crippen LogP) is 1.23. The van der Waals surface area contributed by atoms with Crippen LogP contribution in [0, 0.1) is 5.92 Å². The van der Waals surface area contributed by atoms with Gasteiger partial charge in [0.15, 0.2) is 0 Å². The van der Waals surface area contributed by atoms with Crippen LogP contribution in [0.25, 0.3) is 0 Å². The minimum Gasteiger partial charge on any atom is -0.481 e. The van der Waals surface area contributed by atoms with Gasteiger partial charge in [0.2, 0.25) is 0 Å². The van der Waals surface area contributed by atoms with E-state index in [-0.39, 0.29) is 19.4 Å². The topological polar surface area (TPSA) is 145 Å². The lowest BCUT2D eigenvalue weighted by Gasteiger charge is -2.19. The highest BCUT2D eigenvalue weighted by Crippen LogP contribution is 2.19. The van der Waals surface area contributed by atoms with Crippen molar-refractivity contribution in [3.05, 3.63) is 0 Å². The van der Waals surface area contributed by atoms with Crippen LogP contribution < -0.4 is 0 Å². The van der Waals surface area contributed by atoms with Gasteiger partial charge in [-0.2, -0.15) is 0 Å². The first-order chi connectivity index (χ1) is 12.9. The van der Waals surface area contributed by atoms with Crippen LogP contribution in [-0.2, 0) is 14.3 Å². The molecule has 160 valence electrons. The minimum absolute atomic E-state index is 0.105. The quantitative estimate of drug-likeness (QED) is 0.173. The van der Waals surface area contributed by atoms with Crippen molar-refractivity contribution in [2.24, 2.45) is 5.92 Å². The number of carbonyl (C=O) groups excluding carboxylic acids is 1. The molecule has 0 spiro atoms. The van der Waals surface area contributed by atoms with Crippen LogP contribution in [0.4, 0.5) is 0 Å². The van der Waals surface area contributed by atoms with E-state index < -0.39 is 43.3 Å². The van der Waals surface area contributed by atoms with Gasteiger partial charge in [-0.1, -0.05) is 44.9 Å². The Hall–Kier alpha value is -1.22. The van der Waals surface area contributed by atoms with Crippen molar-refractivity contribution in [3.63, 3.8) is 0 Å². The molecular weight excluding hydrogens is 356 g/mol. The van der Waals surface area contributed by atoms with E-state index in [9.17, 15) is 19.8 Å². The highest BCUT2D eigenvalue weighted by atomic mass is 16.5. The third kappa shape index (κ3) is 15.5. The van der Waals surface area contributed by atoms with E-state index in [0.29, 0.717) is 6.42 Å². The number of carboxylic acid groups (broad SMARTS) is 1. The van der Waals surface area contributed by atoms with Gasteiger partial charge in [-0.05, 0) is 19.3 Å². The van der Waals surface area contributed by atoms with Crippen molar-refractivity contribution in [2.75, 3.05) is 19.8 Å². The first kappa shape index (κ1) is 25.8. The number of hydrogen-bond acceptors (Lipinski definition) is 7. The first-order valence-corrected chi connectivity index (χ1v) is 9.87. The third-order valence-electron chi connectivity index (χ3n) is 4.42. The van der Waals surface area contributed by atoms with Crippen LogP contribution in [-0.4, -0.2) is 69.5 Å². The zero-order valence-electron chi connectivity index (χ0n) is 16.1. The van der Waals surface area contributed by atoms with Crippen molar-refractivity contribution in [2.45, 2.75) is 82.8 Å². The third-order valence-corrected chi connectivity index (χ3v) is 4.42. The van der Waals surface area contributed by atoms with Crippen LogP contribution in [0.15, 0.2) is 0 Å². The van der Waals surface area contributed by atoms with Gasteiger partial charge in [0.05, 0.1) is 25.2 Å². The van der Waals surface area contributed by atoms with Crippen LogP contribution in [0.1, 0.15) is 70.6 Å². The standard InChI is InChI=1S/C19H36O8/c20-12-16(22)11-15(19(26)27-14-17(23)13-21)9-7-5-3-1-2-4-6-8-10-18(24)25/h15-17,20-23H,1-14H2,(H,24,25). The van der Waals surface area contributed by atoms with Gasteiger partial charge in [0.25, 0.3) is 0 Å². The monoisotopic (exact) mass is 392 g/mol. The maximum atomic E-state index is 12.1. The Morgan fingerprint density at radius 2 is 1.30 bits per heavy atom. The van der Waals surface area contributed by atoms with Gasteiger partial charge in [-0.3, -0.25) is 9.59 Å². The molecule has 27 heavy (non-hydrogen) atoms. The Labute approximate surface area is 161 Å². The molecule has 3 unspecified atom stereocenters. The second kappa shape index (κ2) is 16.9. The molecule has 3 atom stereocenters. The molecule has 0 radical (unpaired) electrons. The van der Waals surface area contributed by atoms with E-state index in [1.165, 1.54) is 0 Å². The maximum Gasteiger partial charge on any atom is 0.309 e. The molecule has 0 aliphatic rings. The molecule has 0 heterocycles. The fourth-order valence-electron chi connectivity index (χ4n) is 2.81. The molecule has 5 N–H and O–H groups in total. The summed E-state index contributed by atoms with van der Waals surface area (Å²) in [6.07, 6.45) is 6.30. The molecule has 0 aromatic heterocycles. The fraction of sp³-hybridized carbons (Fsp3) is 0.895. The molecule has 0 aromatic carbocycles. The van der Waals surface area contributed by atoms with Crippen molar-refractivity contribution in [1.82, 2.24) is 0 Å². The molecule has 8 nitrogen and oxygen atoms in total. The van der Waals surface area contributed by atoms with E-state index in [4.69, 9.17) is 20.1 Å². The molecule has 0 fully saturated rings. The van der Waals surface area contributed by atoms with E-state index in [1.807, 2.05) is 0 Å². The summed E-state index contributed by atoms with van der Waals surface area (Å²) in [7, 11) is 0. The van der Waals surface area contributed by atoms with Gasteiger partial charge in [0.1, 0.15) is 12.7 Å². The van der Waals surface area contributed by atoms with Gasteiger partial charge in [0, 0.05) is 6.42 Å². The van der Waals surface area contributed by atoms with Gasteiger partial charge in [-0.15, -0.1) is 0 Å². The number of aliphatic hydroxyl groups excluding tert-OH is 4. The van der Waals surface area contributed by atoms with Crippen molar-refractivity contribution in [3.8, 4) is 0 Å². The Balaban J connectivity index is 3.94. The summed E-state index contributed by atoms with van der Waals surface area (Å²) in [6, 6.07) is 0. The summed E-state index contributed by atoms with van der Waals surface area (Å²) in [5, 5.41) is 45.1. The lowest BCUT2D eigenvalue weighted by Crippen LogP contribution is -2.28. The zero-order chi connectivity index (χ0) is 20.5. The van der Waals surface area contributed by atoms with Crippen molar-refractivity contribution < 1.29 is 39.9 Å². The summed E-state index contributed by atoms with van der Waals surface area (Å²) >= 11 is 0. The van der Waals surface area contributed by atoms with Crippen molar-refractivity contribution >= 4 is 11.9 Å². The van der Waals surface area contributed by atoms with E-state index in [1.54, 1.807) is 0 Å².